The molecule has 5 nitrogen and oxygen atoms in total. The molecule has 27 heavy (non-hydrogen) atoms. The number of hydrogen-bond donors (Lipinski definition) is 0. The molecule has 0 spiro atoms. The summed E-state index contributed by atoms with van der Waals surface area (Å²) in [5, 5.41) is 9.60. The van der Waals surface area contributed by atoms with Crippen molar-refractivity contribution < 1.29 is 4.79 Å². The summed E-state index contributed by atoms with van der Waals surface area (Å²) in [4.78, 5) is 17.1. The zero-order chi connectivity index (χ0) is 18.4. The Morgan fingerprint density at radius 3 is 2.85 bits per heavy atom. The highest BCUT2D eigenvalue weighted by atomic mass is 35.5. The topological polar surface area (TPSA) is 51.0 Å². The van der Waals surface area contributed by atoms with Crippen LogP contribution in [0.4, 0.5) is 11.4 Å². The van der Waals surface area contributed by atoms with Gasteiger partial charge in [0.05, 0.1) is 17.1 Å². The SMILES string of the molecule is O=C(CSc1nncn1C1CC1)N1c2ccccc2Sc2ccc(Cl)cc21. The minimum absolute atomic E-state index is 0.00149. The normalized spacial score (nSPS) is 15.4. The quantitative estimate of drug-likeness (QED) is 0.550. The lowest BCUT2D eigenvalue weighted by Crippen LogP contribution is -2.30. The third kappa shape index (κ3) is 3.24. The van der Waals surface area contributed by atoms with E-state index in [2.05, 4.69) is 14.8 Å². The lowest BCUT2D eigenvalue weighted by molar-refractivity contribution is -0.115. The monoisotopic (exact) mass is 414 g/mol. The number of anilines is 2. The number of carbonyl (C=O) groups excluding carboxylic acids is 1. The van der Waals surface area contributed by atoms with Crippen molar-refractivity contribution in [3.05, 3.63) is 53.8 Å². The van der Waals surface area contributed by atoms with Crippen LogP contribution in [0, 0.1) is 0 Å². The number of rotatable bonds is 4. The van der Waals surface area contributed by atoms with Gasteiger partial charge < -0.3 is 4.57 Å². The molecule has 0 N–H and O–H groups in total. The van der Waals surface area contributed by atoms with Crippen molar-refractivity contribution >= 4 is 52.4 Å². The summed E-state index contributed by atoms with van der Waals surface area (Å²) in [5.41, 5.74) is 1.73. The molecule has 0 unspecified atom stereocenters. The average Bonchev–Trinajstić information content (AvgIpc) is 3.42. The minimum atomic E-state index is 0.00149. The van der Waals surface area contributed by atoms with Crippen LogP contribution in [0.15, 0.2) is 63.7 Å². The number of thioether (sulfide) groups is 1. The Balaban J connectivity index is 1.45. The van der Waals surface area contributed by atoms with Crippen molar-refractivity contribution in [1.82, 2.24) is 14.8 Å². The molecule has 5 rings (SSSR count). The first-order chi connectivity index (χ1) is 13.2. The van der Waals surface area contributed by atoms with E-state index in [0.29, 0.717) is 11.1 Å². The zero-order valence-corrected chi connectivity index (χ0v) is 16.6. The number of aromatic nitrogens is 3. The highest BCUT2D eigenvalue weighted by molar-refractivity contribution is 8.00. The molecule has 2 aromatic carbocycles. The van der Waals surface area contributed by atoms with E-state index >= 15 is 0 Å². The fourth-order valence-electron chi connectivity index (χ4n) is 3.13. The van der Waals surface area contributed by atoms with Crippen molar-refractivity contribution in [3.63, 3.8) is 0 Å². The molecule has 0 bridgehead atoms. The Hall–Kier alpha value is -1.96. The summed E-state index contributed by atoms with van der Waals surface area (Å²) >= 11 is 9.31. The second-order valence-corrected chi connectivity index (χ2v) is 8.91. The van der Waals surface area contributed by atoms with E-state index in [-0.39, 0.29) is 11.7 Å². The standard InChI is InChI=1S/C19H15ClN4OS2/c20-12-5-8-17-15(9-12)24(14-3-1-2-4-16(14)27-17)18(25)10-26-19-22-21-11-23(19)13-6-7-13/h1-5,8-9,11,13H,6-7,10H2. The Bertz CT molecular complexity index is 1030. The first-order valence-corrected chi connectivity index (χ1v) is 10.8. The lowest BCUT2D eigenvalue weighted by Gasteiger charge is -2.31. The van der Waals surface area contributed by atoms with Crippen molar-refractivity contribution in [3.8, 4) is 0 Å². The zero-order valence-electron chi connectivity index (χ0n) is 14.2. The van der Waals surface area contributed by atoms with E-state index < -0.39 is 0 Å². The largest absolute Gasteiger partial charge is 0.306 e. The molecule has 0 saturated heterocycles. The van der Waals surface area contributed by atoms with E-state index in [1.165, 1.54) is 11.8 Å². The molecule has 2 aliphatic rings. The number of halogens is 1. The second-order valence-electron chi connectivity index (χ2n) is 6.45. The first kappa shape index (κ1) is 17.2. The maximum atomic E-state index is 13.2. The lowest BCUT2D eigenvalue weighted by atomic mass is 10.2. The van der Waals surface area contributed by atoms with Crippen LogP contribution in [0.1, 0.15) is 18.9 Å². The maximum Gasteiger partial charge on any atom is 0.242 e. The van der Waals surface area contributed by atoms with Crippen molar-refractivity contribution in [2.75, 3.05) is 10.7 Å². The molecule has 8 heteroatoms. The third-order valence-corrected chi connectivity index (χ3v) is 6.85. The van der Waals surface area contributed by atoms with Crippen LogP contribution in [0.2, 0.25) is 5.02 Å². The smallest absolute Gasteiger partial charge is 0.242 e. The fraction of sp³-hybridized carbons (Fsp3) is 0.211. The fourth-order valence-corrected chi connectivity index (χ4v) is 5.16. The van der Waals surface area contributed by atoms with Crippen LogP contribution in [-0.2, 0) is 4.79 Å². The molecule has 1 amide bonds. The molecule has 1 aliphatic heterocycles. The first-order valence-electron chi connectivity index (χ1n) is 8.62. The molecular formula is C19H15ClN4OS2. The van der Waals surface area contributed by atoms with E-state index in [0.717, 1.165) is 39.2 Å². The molecule has 2 heterocycles. The Morgan fingerprint density at radius 2 is 2.00 bits per heavy atom. The molecule has 3 aromatic rings. The minimum Gasteiger partial charge on any atom is -0.306 e. The maximum absolute atomic E-state index is 13.2. The van der Waals surface area contributed by atoms with Crippen LogP contribution in [0.25, 0.3) is 0 Å². The highest BCUT2D eigenvalue weighted by Crippen LogP contribution is 2.49. The second kappa shape index (κ2) is 6.89. The van der Waals surface area contributed by atoms with Crippen LogP contribution in [0.5, 0.6) is 0 Å². The predicted molar refractivity (Wildman–Crippen MR) is 108 cm³/mol. The van der Waals surface area contributed by atoms with Gasteiger partial charge in [0, 0.05) is 20.9 Å². The van der Waals surface area contributed by atoms with Gasteiger partial charge in [-0.15, -0.1) is 10.2 Å². The number of hydrogen-bond acceptors (Lipinski definition) is 5. The van der Waals surface area contributed by atoms with Gasteiger partial charge in [-0.1, -0.05) is 47.3 Å². The molecular weight excluding hydrogens is 400 g/mol. The molecule has 1 fully saturated rings. The van der Waals surface area contributed by atoms with Gasteiger partial charge in [-0.2, -0.15) is 0 Å². The van der Waals surface area contributed by atoms with Crippen LogP contribution in [0.3, 0.4) is 0 Å². The van der Waals surface area contributed by atoms with Crippen molar-refractivity contribution in [2.45, 2.75) is 33.8 Å². The average molecular weight is 415 g/mol. The summed E-state index contributed by atoms with van der Waals surface area (Å²) in [7, 11) is 0. The predicted octanol–water partition coefficient (Wildman–Crippen LogP) is 5.19. The van der Waals surface area contributed by atoms with Gasteiger partial charge in [0.2, 0.25) is 5.91 Å². The van der Waals surface area contributed by atoms with Crippen LogP contribution < -0.4 is 4.90 Å². The van der Waals surface area contributed by atoms with Gasteiger partial charge in [-0.25, -0.2) is 0 Å². The molecule has 1 aromatic heterocycles. The van der Waals surface area contributed by atoms with Gasteiger partial charge in [-0.05, 0) is 43.2 Å². The van der Waals surface area contributed by atoms with Crippen LogP contribution >= 0.6 is 35.1 Å². The third-order valence-electron chi connectivity index (χ3n) is 4.54. The Labute approximate surface area is 170 Å². The Morgan fingerprint density at radius 1 is 1.19 bits per heavy atom. The summed E-state index contributed by atoms with van der Waals surface area (Å²) in [6.45, 7) is 0. The number of amides is 1. The van der Waals surface area contributed by atoms with Gasteiger partial charge >= 0.3 is 0 Å². The molecule has 0 radical (unpaired) electrons. The Kier molecular flexibility index (Phi) is 4.38. The highest BCUT2D eigenvalue weighted by Gasteiger charge is 2.30. The van der Waals surface area contributed by atoms with E-state index in [1.54, 1.807) is 23.0 Å². The van der Waals surface area contributed by atoms with Crippen LogP contribution in [-0.4, -0.2) is 26.4 Å². The molecule has 1 aliphatic carbocycles. The van der Waals surface area contributed by atoms with Crippen molar-refractivity contribution in [2.24, 2.45) is 0 Å². The van der Waals surface area contributed by atoms with Gasteiger partial charge in [0.1, 0.15) is 6.33 Å². The molecule has 0 atom stereocenters. The van der Waals surface area contributed by atoms with E-state index in [1.807, 2.05) is 42.5 Å². The summed E-state index contributed by atoms with van der Waals surface area (Å²) < 4.78 is 2.07. The summed E-state index contributed by atoms with van der Waals surface area (Å²) in [5.74, 6) is 0.290. The van der Waals surface area contributed by atoms with Gasteiger partial charge in [0.25, 0.3) is 0 Å². The molecule has 1 saturated carbocycles. The summed E-state index contributed by atoms with van der Waals surface area (Å²) in [6, 6.07) is 14.1. The number of carbonyl (C=O) groups is 1. The summed E-state index contributed by atoms with van der Waals surface area (Å²) in [6.07, 6.45) is 4.07. The number of benzene rings is 2. The van der Waals surface area contributed by atoms with Gasteiger partial charge in [-0.3, -0.25) is 9.69 Å². The van der Waals surface area contributed by atoms with E-state index in [4.69, 9.17) is 11.6 Å². The van der Waals surface area contributed by atoms with Crippen molar-refractivity contribution in [1.29, 1.82) is 0 Å². The number of nitrogens with zero attached hydrogens (tertiary/aromatic N) is 4. The molecule has 136 valence electrons. The number of para-hydroxylation sites is 1. The van der Waals surface area contributed by atoms with E-state index in [9.17, 15) is 4.79 Å². The van der Waals surface area contributed by atoms with Gasteiger partial charge in [0.15, 0.2) is 5.16 Å². The number of fused-ring (bicyclic) bond motifs is 2.